The molecule has 2 aromatic heterocycles. The molecule has 0 aliphatic heterocycles. The second-order valence-corrected chi connectivity index (χ2v) is 8.78. The molecule has 2 fully saturated rings. The van der Waals surface area contributed by atoms with Crippen molar-refractivity contribution in [3.8, 4) is 0 Å². The summed E-state index contributed by atoms with van der Waals surface area (Å²) in [5.41, 5.74) is 6.53. The third-order valence-electron chi connectivity index (χ3n) is 6.95. The minimum Gasteiger partial charge on any atom is -0.297 e. The minimum absolute atomic E-state index is 0.662. The lowest BCUT2D eigenvalue weighted by Gasteiger charge is -2.19. The molecular formula is C23H31N3. The Morgan fingerprint density at radius 3 is 2.46 bits per heavy atom. The van der Waals surface area contributed by atoms with Gasteiger partial charge in [-0.1, -0.05) is 63.9 Å². The Labute approximate surface area is 156 Å². The molecule has 5 rings (SSSR count). The van der Waals surface area contributed by atoms with Crippen LogP contribution < -0.4 is 0 Å². The van der Waals surface area contributed by atoms with E-state index >= 15 is 0 Å². The van der Waals surface area contributed by atoms with Gasteiger partial charge in [-0.3, -0.25) is 9.38 Å². The van der Waals surface area contributed by atoms with E-state index in [0.717, 1.165) is 18.0 Å². The number of rotatable bonds is 3. The Hall–Kier alpha value is -1.64. The van der Waals surface area contributed by atoms with Crippen LogP contribution in [0.4, 0.5) is 0 Å². The molecule has 3 nitrogen and oxygen atoms in total. The van der Waals surface area contributed by atoms with Crippen molar-refractivity contribution in [2.24, 2.45) is 5.92 Å². The Morgan fingerprint density at radius 2 is 1.65 bits per heavy atom. The molecule has 0 saturated heterocycles. The number of imidazole rings is 1. The van der Waals surface area contributed by atoms with Crippen LogP contribution in [-0.4, -0.2) is 14.4 Å². The largest absolute Gasteiger partial charge is 0.297 e. The third-order valence-corrected chi connectivity index (χ3v) is 6.95. The topological polar surface area (TPSA) is 30.2 Å². The summed E-state index contributed by atoms with van der Waals surface area (Å²) in [5, 5.41) is 0. The number of allylic oxidation sites excluding steroid dienone is 2. The fourth-order valence-electron chi connectivity index (χ4n) is 5.48. The first-order chi connectivity index (χ1) is 12.9. The molecule has 2 aromatic rings. The van der Waals surface area contributed by atoms with Crippen molar-refractivity contribution in [1.82, 2.24) is 14.4 Å². The molecule has 0 unspecified atom stereocenters. The number of hydrogen-bond donors (Lipinski definition) is 0. The molecule has 3 aliphatic rings. The van der Waals surface area contributed by atoms with Crippen molar-refractivity contribution in [3.05, 3.63) is 35.6 Å². The van der Waals surface area contributed by atoms with Gasteiger partial charge in [0.15, 0.2) is 5.65 Å². The van der Waals surface area contributed by atoms with E-state index in [2.05, 4.69) is 16.7 Å². The van der Waals surface area contributed by atoms with E-state index in [9.17, 15) is 0 Å². The van der Waals surface area contributed by atoms with Crippen LogP contribution in [0.2, 0.25) is 0 Å². The summed E-state index contributed by atoms with van der Waals surface area (Å²) in [4.78, 5) is 9.76. The van der Waals surface area contributed by atoms with Crippen LogP contribution in [0.3, 0.4) is 0 Å². The van der Waals surface area contributed by atoms with Crippen molar-refractivity contribution < 1.29 is 0 Å². The average molecular weight is 350 g/mol. The Balaban J connectivity index is 1.45. The monoisotopic (exact) mass is 349 g/mol. The van der Waals surface area contributed by atoms with Gasteiger partial charge in [0, 0.05) is 18.5 Å². The van der Waals surface area contributed by atoms with E-state index in [1.807, 2.05) is 6.20 Å². The number of nitrogens with zero attached hydrogens (tertiary/aromatic N) is 3. The van der Waals surface area contributed by atoms with E-state index in [-0.39, 0.29) is 0 Å². The van der Waals surface area contributed by atoms with Gasteiger partial charge in [0.2, 0.25) is 0 Å². The molecule has 138 valence electrons. The molecule has 0 atom stereocenters. The van der Waals surface area contributed by atoms with Gasteiger partial charge in [-0.15, -0.1) is 0 Å². The minimum atomic E-state index is 0.662. The van der Waals surface area contributed by atoms with Crippen molar-refractivity contribution in [3.63, 3.8) is 0 Å². The lowest BCUT2D eigenvalue weighted by atomic mass is 9.87. The van der Waals surface area contributed by atoms with Crippen molar-refractivity contribution in [2.75, 3.05) is 0 Å². The highest BCUT2D eigenvalue weighted by atomic mass is 15.0. The molecular weight excluding hydrogens is 318 g/mol. The van der Waals surface area contributed by atoms with Crippen molar-refractivity contribution in [2.45, 2.75) is 89.4 Å². The zero-order valence-electron chi connectivity index (χ0n) is 15.9. The highest BCUT2D eigenvalue weighted by molar-refractivity contribution is 5.71. The summed E-state index contributed by atoms with van der Waals surface area (Å²) in [5.74, 6) is 1.53. The summed E-state index contributed by atoms with van der Waals surface area (Å²) in [7, 11) is 0. The van der Waals surface area contributed by atoms with E-state index in [1.165, 1.54) is 99.7 Å². The van der Waals surface area contributed by atoms with Crippen LogP contribution >= 0.6 is 0 Å². The predicted molar refractivity (Wildman–Crippen MR) is 106 cm³/mol. The highest BCUT2D eigenvalue weighted by Gasteiger charge is 2.25. The van der Waals surface area contributed by atoms with Gasteiger partial charge in [-0.2, -0.15) is 0 Å². The van der Waals surface area contributed by atoms with Gasteiger partial charge in [0.05, 0.1) is 23.3 Å². The lowest BCUT2D eigenvalue weighted by Crippen LogP contribution is -2.05. The molecule has 0 bridgehead atoms. The van der Waals surface area contributed by atoms with Gasteiger partial charge in [-0.25, -0.2) is 4.98 Å². The maximum atomic E-state index is 4.98. The SMILES string of the molecule is C1=C(CC2CCCCCC2)c2c(ncc3nc(C4CCCCC4)cn23)C1. The Morgan fingerprint density at radius 1 is 0.923 bits per heavy atom. The molecule has 2 heterocycles. The van der Waals surface area contributed by atoms with E-state index in [1.54, 1.807) is 0 Å². The quantitative estimate of drug-likeness (QED) is 0.629. The summed E-state index contributed by atoms with van der Waals surface area (Å²) >= 11 is 0. The number of aromatic nitrogens is 3. The summed E-state index contributed by atoms with van der Waals surface area (Å²) in [6.45, 7) is 0. The molecule has 0 N–H and O–H groups in total. The lowest BCUT2D eigenvalue weighted by molar-refractivity contribution is 0.438. The van der Waals surface area contributed by atoms with Crippen LogP contribution in [0.5, 0.6) is 0 Å². The summed E-state index contributed by atoms with van der Waals surface area (Å²) in [6, 6.07) is 0. The van der Waals surface area contributed by atoms with E-state index < -0.39 is 0 Å². The second-order valence-electron chi connectivity index (χ2n) is 8.78. The second kappa shape index (κ2) is 7.17. The highest BCUT2D eigenvalue weighted by Crippen LogP contribution is 2.37. The van der Waals surface area contributed by atoms with Gasteiger partial charge in [0.25, 0.3) is 0 Å². The van der Waals surface area contributed by atoms with Gasteiger partial charge in [-0.05, 0) is 30.8 Å². The van der Waals surface area contributed by atoms with Gasteiger partial charge < -0.3 is 0 Å². The molecule has 0 spiro atoms. The van der Waals surface area contributed by atoms with Crippen LogP contribution in [-0.2, 0) is 6.42 Å². The molecule has 2 saturated carbocycles. The standard InChI is InChI=1S/C23H31N3/c1-2-5-9-17(8-4-1)14-19-12-13-20-23(19)26-16-21(25-22(26)15-24-20)18-10-6-3-7-11-18/h12,15-18H,1-11,13-14H2. The maximum absolute atomic E-state index is 4.98. The molecule has 0 amide bonds. The Kier molecular flexibility index (Phi) is 4.56. The van der Waals surface area contributed by atoms with Crippen molar-refractivity contribution >= 4 is 11.2 Å². The normalized spacial score (nSPS) is 22.4. The zero-order valence-corrected chi connectivity index (χ0v) is 15.9. The van der Waals surface area contributed by atoms with Crippen LogP contribution in [0, 0.1) is 5.92 Å². The summed E-state index contributed by atoms with van der Waals surface area (Å²) in [6.07, 6.45) is 24.3. The Bertz CT molecular complexity index is 802. The van der Waals surface area contributed by atoms with Crippen LogP contribution in [0.1, 0.15) is 100 Å². The molecule has 0 radical (unpaired) electrons. The third kappa shape index (κ3) is 3.10. The van der Waals surface area contributed by atoms with Crippen LogP contribution in [0.15, 0.2) is 18.5 Å². The fraction of sp³-hybridized carbons (Fsp3) is 0.652. The fourth-order valence-corrected chi connectivity index (χ4v) is 5.48. The number of hydrogen-bond acceptors (Lipinski definition) is 2. The maximum Gasteiger partial charge on any atom is 0.156 e. The smallest absolute Gasteiger partial charge is 0.156 e. The van der Waals surface area contributed by atoms with E-state index in [0.29, 0.717) is 5.92 Å². The van der Waals surface area contributed by atoms with Gasteiger partial charge >= 0.3 is 0 Å². The average Bonchev–Trinajstić information content (AvgIpc) is 3.19. The number of fused-ring (bicyclic) bond motifs is 3. The van der Waals surface area contributed by atoms with Crippen LogP contribution in [0.25, 0.3) is 11.2 Å². The first-order valence-electron chi connectivity index (χ1n) is 10.9. The van der Waals surface area contributed by atoms with Gasteiger partial charge in [0.1, 0.15) is 0 Å². The summed E-state index contributed by atoms with van der Waals surface area (Å²) < 4.78 is 2.38. The molecule has 26 heavy (non-hydrogen) atoms. The molecule has 0 aromatic carbocycles. The first-order valence-corrected chi connectivity index (χ1v) is 10.9. The molecule has 3 aliphatic carbocycles. The predicted octanol–water partition coefficient (Wildman–Crippen LogP) is 6.08. The molecule has 3 heteroatoms. The van der Waals surface area contributed by atoms with E-state index in [4.69, 9.17) is 9.97 Å². The van der Waals surface area contributed by atoms with Crippen molar-refractivity contribution in [1.29, 1.82) is 0 Å². The zero-order chi connectivity index (χ0) is 17.3. The first kappa shape index (κ1) is 16.5.